The minimum absolute atomic E-state index is 0.0519. The second kappa shape index (κ2) is 5.13. The number of piperidine rings is 1. The van der Waals surface area contributed by atoms with Crippen LogP contribution in [0.2, 0.25) is 0 Å². The lowest BCUT2D eigenvalue weighted by atomic mass is 9.94. The monoisotopic (exact) mass is 324 g/mol. The molecule has 4 nitrogen and oxygen atoms in total. The number of nitrogens with zero attached hydrogens (tertiary/aromatic N) is 1. The molecule has 2 aliphatic heterocycles. The Morgan fingerprint density at radius 1 is 1.42 bits per heavy atom. The van der Waals surface area contributed by atoms with Crippen LogP contribution in [0.15, 0.2) is 22.7 Å². The maximum absolute atomic E-state index is 12.5. The lowest BCUT2D eigenvalue weighted by Gasteiger charge is -2.24. The quantitative estimate of drug-likeness (QED) is 0.830. The Morgan fingerprint density at radius 2 is 2.26 bits per heavy atom. The van der Waals surface area contributed by atoms with Crippen molar-refractivity contribution in [1.82, 2.24) is 10.2 Å². The van der Waals surface area contributed by atoms with Gasteiger partial charge in [-0.3, -0.25) is 4.79 Å². The summed E-state index contributed by atoms with van der Waals surface area (Å²) in [5, 5.41) is 13.3. The van der Waals surface area contributed by atoms with Crippen LogP contribution >= 0.6 is 15.9 Å². The SMILES string of the molecule is O=C(c1cc(Br)ccc1O)N1CC2CCCNC2C1. The van der Waals surface area contributed by atoms with E-state index in [1.165, 1.54) is 12.8 Å². The number of fused-ring (bicyclic) bond motifs is 1. The number of nitrogens with one attached hydrogen (secondary N) is 1. The van der Waals surface area contributed by atoms with E-state index >= 15 is 0 Å². The topological polar surface area (TPSA) is 52.6 Å². The number of hydrogen-bond donors (Lipinski definition) is 2. The smallest absolute Gasteiger partial charge is 0.257 e. The summed E-state index contributed by atoms with van der Waals surface area (Å²) in [7, 11) is 0. The summed E-state index contributed by atoms with van der Waals surface area (Å²) >= 11 is 3.34. The molecule has 1 aromatic rings. The number of carbonyl (C=O) groups is 1. The van der Waals surface area contributed by atoms with Crippen LogP contribution in [0.3, 0.4) is 0 Å². The first-order chi connectivity index (χ1) is 9.15. The minimum Gasteiger partial charge on any atom is -0.507 e. The highest BCUT2D eigenvalue weighted by atomic mass is 79.9. The maximum Gasteiger partial charge on any atom is 0.257 e. The highest BCUT2D eigenvalue weighted by Gasteiger charge is 2.37. The summed E-state index contributed by atoms with van der Waals surface area (Å²) in [5.74, 6) is 0.540. The Balaban J connectivity index is 1.79. The number of phenols is 1. The molecule has 2 heterocycles. The zero-order valence-corrected chi connectivity index (χ0v) is 12.2. The van der Waals surface area contributed by atoms with E-state index in [1.807, 2.05) is 4.90 Å². The van der Waals surface area contributed by atoms with Crippen LogP contribution in [0.4, 0.5) is 0 Å². The van der Waals surface area contributed by atoms with Crippen LogP contribution in [0.1, 0.15) is 23.2 Å². The molecule has 2 saturated heterocycles. The molecule has 0 saturated carbocycles. The fourth-order valence-corrected chi connectivity index (χ4v) is 3.42. The minimum atomic E-state index is -0.0741. The predicted molar refractivity (Wildman–Crippen MR) is 76.2 cm³/mol. The van der Waals surface area contributed by atoms with Crippen molar-refractivity contribution in [2.24, 2.45) is 5.92 Å². The lowest BCUT2D eigenvalue weighted by molar-refractivity contribution is 0.0782. The standard InChI is InChI=1S/C14H17BrN2O2/c15-10-3-4-13(18)11(6-10)14(19)17-7-9-2-1-5-16-12(9)8-17/h3-4,6,9,12,16,18H,1-2,5,7-8H2. The van der Waals surface area contributed by atoms with Crippen LogP contribution < -0.4 is 5.32 Å². The summed E-state index contributed by atoms with van der Waals surface area (Å²) in [6, 6.07) is 5.40. The van der Waals surface area contributed by atoms with E-state index in [4.69, 9.17) is 0 Å². The van der Waals surface area contributed by atoms with Crippen LogP contribution in [0.25, 0.3) is 0 Å². The summed E-state index contributed by atoms with van der Waals surface area (Å²) in [6.45, 7) is 2.59. The fourth-order valence-electron chi connectivity index (χ4n) is 3.06. The number of hydrogen-bond acceptors (Lipinski definition) is 3. The second-order valence-corrected chi connectivity index (χ2v) is 6.25. The molecule has 2 fully saturated rings. The first-order valence-electron chi connectivity index (χ1n) is 6.66. The molecule has 1 aromatic carbocycles. The van der Waals surface area contributed by atoms with Gasteiger partial charge in [-0.15, -0.1) is 0 Å². The highest BCUT2D eigenvalue weighted by Crippen LogP contribution is 2.29. The molecule has 2 N–H and O–H groups in total. The number of carbonyl (C=O) groups excluding carboxylic acids is 1. The third kappa shape index (κ3) is 2.49. The van der Waals surface area contributed by atoms with Crippen LogP contribution in [0.5, 0.6) is 5.75 Å². The van der Waals surface area contributed by atoms with Crippen molar-refractivity contribution in [2.75, 3.05) is 19.6 Å². The van der Waals surface area contributed by atoms with Gasteiger partial charge in [0.15, 0.2) is 0 Å². The van der Waals surface area contributed by atoms with Crippen molar-refractivity contribution in [3.8, 4) is 5.75 Å². The van der Waals surface area contributed by atoms with Gasteiger partial charge in [0.2, 0.25) is 0 Å². The predicted octanol–water partition coefficient (Wildman–Crippen LogP) is 1.98. The summed E-state index contributed by atoms with van der Waals surface area (Å²) in [5.41, 5.74) is 0.382. The van der Waals surface area contributed by atoms with Gasteiger partial charge in [0.05, 0.1) is 5.56 Å². The van der Waals surface area contributed by atoms with Crippen molar-refractivity contribution in [3.63, 3.8) is 0 Å². The third-order valence-corrected chi connectivity index (χ3v) is 4.57. The Bertz CT molecular complexity index is 492. The number of likely N-dealkylation sites (tertiary alicyclic amines) is 1. The van der Waals surface area contributed by atoms with E-state index in [-0.39, 0.29) is 11.7 Å². The maximum atomic E-state index is 12.5. The van der Waals surface area contributed by atoms with E-state index in [1.54, 1.807) is 18.2 Å². The summed E-state index contributed by atoms with van der Waals surface area (Å²) in [4.78, 5) is 14.3. The van der Waals surface area contributed by atoms with Gasteiger partial charge in [0.25, 0.3) is 5.91 Å². The van der Waals surface area contributed by atoms with Gasteiger partial charge in [0, 0.05) is 23.6 Å². The van der Waals surface area contributed by atoms with Crippen molar-refractivity contribution >= 4 is 21.8 Å². The Morgan fingerprint density at radius 3 is 3.05 bits per heavy atom. The van der Waals surface area contributed by atoms with Crippen LogP contribution in [0, 0.1) is 5.92 Å². The second-order valence-electron chi connectivity index (χ2n) is 5.33. The van der Waals surface area contributed by atoms with Gasteiger partial charge in [-0.2, -0.15) is 0 Å². The van der Waals surface area contributed by atoms with E-state index in [9.17, 15) is 9.90 Å². The summed E-state index contributed by atoms with van der Waals surface area (Å²) in [6.07, 6.45) is 2.37. The molecule has 3 rings (SSSR count). The molecular formula is C14H17BrN2O2. The zero-order valence-electron chi connectivity index (χ0n) is 10.6. The van der Waals surface area contributed by atoms with E-state index in [0.29, 0.717) is 17.5 Å². The molecular weight excluding hydrogens is 308 g/mol. The largest absolute Gasteiger partial charge is 0.507 e. The normalized spacial score (nSPS) is 26.3. The molecule has 2 unspecified atom stereocenters. The van der Waals surface area contributed by atoms with Gasteiger partial charge in [-0.05, 0) is 43.5 Å². The van der Waals surface area contributed by atoms with Gasteiger partial charge in [0.1, 0.15) is 5.75 Å². The first kappa shape index (κ1) is 12.9. The average molecular weight is 325 g/mol. The van der Waals surface area contributed by atoms with Crippen molar-refractivity contribution in [3.05, 3.63) is 28.2 Å². The molecule has 19 heavy (non-hydrogen) atoms. The third-order valence-electron chi connectivity index (χ3n) is 4.08. The molecule has 0 radical (unpaired) electrons. The number of amides is 1. The number of halogens is 1. The molecule has 102 valence electrons. The molecule has 0 aromatic heterocycles. The van der Waals surface area contributed by atoms with E-state index in [2.05, 4.69) is 21.2 Å². The molecule has 0 spiro atoms. The Labute approximate surface area is 120 Å². The van der Waals surface area contributed by atoms with Crippen molar-refractivity contribution < 1.29 is 9.90 Å². The molecule has 0 bridgehead atoms. The van der Waals surface area contributed by atoms with Crippen LogP contribution in [-0.2, 0) is 0 Å². The van der Waals surface area contributed by atoms with Crippen molar-refractivity contribution in [2.45, 2.75) is 18.9 Å². The average Bonchev–Trinajstić information content (AvgIpc) is 2.84. The zero-order chi connectivity index (χ0) is 13.4. The molecule has 2 aliphatic rings. The first-order valence-corrected chi connectivity index (χ1v) is 7.45. The van der Waals surface area contributed by atoms with E-state index in [0.717, 1.165) is 24.1 Å². The molecule has 0 aliphatic carbocycles. The van der Waals surface area contributed by atoms with E-state index < -0.39 is 0 Å². The number of rotatable bonds is 1. The van der Waals surface area contributed by atoms with Gasteiger partial charge in [-0.25, -0.2) is 0 Å². The van der Waals surface area contributed by atoms with Crippen LogP contribution in [-0.4, -0.2) is 41.6 Å². The lowest BCUT2D eigenvalue weighted by Crippen LogP contribution is -2.41. The fraction of sp³-hybridized carbons (Fsp3) is 0.500. The summed E-state index contributed by atoms with van der Waals surface area (Å²) < 4.78 is 0.809. The molecule has 1 amide bonds. The Kier molecular flexibility index (Phi) is 3.50. The van der Waals surface area contributed by atoms with Gasteiger partial charge >= 0.3 is 0 Å². The number of benzene rings is 1. The van der Waals surface area contributed by atoms with Gasteiger partial charge < -0.3 is 15.3 Å². The molecule has 5 heteroatoms. The van der Waals surface area contributed by atoms with Crippen molar-refractivity contribution in [1.29, 1.82) is 0 Å². The Hall–Kier alpha value is -1.07. The highest BCUT2D eigenvalue weighted by molar-refractivity contribution is 9.10. The number of phenolic OH excluding ortho intramolecular Hbond substituents is 1. The number of aromatic hydroxyl groups is 1. The molecule has 2 atom stereocenters. The van der Waals surface area contributed by atoms with Gasteiger partial charge in [-0.1, -0.05) is 15.9 Å².